The van der Waals surface area contributed by atoms with E-state index in [2.05, 4.69) is 47.5 Å². The van der Waals surface area contributed by atoms with E-state index in [-0.39, 0.29) is 113 Å². The lowest BCUT2D eigenvalue weighted by atomic mass is 10.1. The molecule has 4 atom stereocenters. The highest BCUT2D eigenvalue weighted by Gasteiger charge is 2.27. The molecule has 5 amide bonds. The Morgan fingerprint density at radius 2 is 0.976 bits per heavy atom. The Morgan fingerprint density at radius 1 is 0.560 bits per heavy atom. The maximum atomic E-state index is 12.9. The molecule has 0 aliphatic heterocycles. The van der Waals surface area contributed by atoms with Crippen LogP contribution in [0.15, 0.2) is 42.6 Å². The Hall–Kier alpha value is -9.70. The smallest absolute Gasteiger partial charge is 0.326 e. The van der Waals surface area contributed by atoms with Crippen molar-refractivity contribution in [2.24, 2.45) is 0 Å². The summed E-state index contributed by atoms with van der Waals surface area (Å²) in [4.78, 5) is 131. The molecule has 2 aromatic carbocycles. The van der Waals surface area contributed by atoms with Crippen LogP contribution in [0.5, 0.6) is 0 Å². The number of aromatic nitrogens is 3. The average Bonchev–Trinajstić information content (AvgIpc) is 3.99. The van der Waals surface area contributed by atoms with Gasteiger partial charge in [-0.3, -0.25) is 43.9 Å². The molecule has 0 saturated heterocycles. The summed E-state index contributed by atoms with van der Waals surface area (Å²) in [6.07, 6.45) is 0.883. The lowest BCUT2D eigenvalue weighted by Gasteiger charge is -2.23. The van der Waals surface area contributed by atoms with Gasteiger partial charge in [-0.1, -0.05) is 5.21 Å². The number of rotatable bonds is 44. The number of carboxylic acids is 6. The number of benzene rings is 2. The molecular formula is C49H70FN15O19. The largest absolute Gasteiger partial charge is 0.481 e. The fourth-order valence-electron chi connectivity index (χ4n) is 7.95. The normalized spacial score (nSPS) is 12.3. The number of aliphatic carboxylic acids is 6. The maximum absolute atomic E-state index is 12.9. The highest BCUT2D eigenvalue weighted by molar-refractivity contribution is 5.87. The lowest BCUT2D eigenvalue weighted by molar-refractivity contribution is -0.384. The van der Waals surface area contributed by atoms with Gasteiger partial charge < -0.3 is 78.5 Å². The van der Waals surface area contributed by atoms with E-state index in [9.17, 15) is 88.2 Å². The Bertz CT molecular complexity index is 2590. The van der Waals surface area contributed by atoms with Gasteiger partial charge in [-0.05, 0) is 88.5 Å². The zero-order valence-corrected chi connectivity index (χ0v) is 45.5. The van der Waals surface area contributed by atoms with E-state index in [0.29, 0.717) is 43.1 Å². The fourth-order valence-corrected chi connectivity index (χ4v) is 7.95. The predicted octanol–water partition coefficient (Wildman–Crippen LogP) is 1.94. The fraction of sp³-hybridized carbons (Fsp3) is 0.531. The van der Waals surface area contributed by atoms with Crippen LogP contribution in [0.3, 0.4) is 0 Å². The molecule has 15 N–H and O–H groups in total. The molecule has 84 heavy (non-hydrogen) atoms. The van der Waals surface area contributed by atoms with Gasteiger partial charge in [-0.15, -0.1) is 5.10 Å². The maximum Gasteiger partial charge on any atom is 0.326 e. The van der Waals surface area contributed by atoms with E-state index < -0.39 is 114 Å². The second-order valence-electron chi connectivity index (χ2n) is 18.7. The minimum absolute atomic E-state index is 0.108. The molecule has 2 unspecified atom stereocenters. The number of nitro benzene ring substituents is 2. The van der Waals surface area contributed by atoms with Gasteiger partial charge in [0.15, 0.2) is 0 Å². The summed E-state index contributed by atoms with van der Waals surface area (Å²) in [5, 5.41) is 111. The number of halogens is 1. The highest BCUT2D eigenvalue weighted by Crippen LogP contribution is 2.29. The van der Waals surface area contributed by atoms with Crippen molar-refractivity contribution in [2.45, 2.75) is 108 Å². The summed E-state index contributed by atoms with van der Waals surface area (Å²) in [5.74, 6) is -8.82. The van der Waals surface area contributed by atoms with Crippen LogP contribution in [0.25, 0.3) is 0 Å². The predicted molar refractivity (Wildman–Crippen MR) is 294 cm³/mol. The Kier molecular flexibility index (Phi) is 29.9. The molecule has 0 bridgehead atoms. The third-order valence-electron chi connectivity index (χ3n) is 12.3. The van der Waals surface area contributed by atoms with Gasteiger partial charge in [0.2, 0.25) is 5.91 Å². The van der Waals surface area contributed by atoms with Gasteiger partial charge in [0.25, 0.3) is 11.4 Å². The zero-order chi connectivity index (χ0) is 62.1. The first-order chi connectivity index (χ1) is 39.9. The van der Waals surface area contributed by atoms with Gasteiger partial charge in [-0.25, -0.2) is 33.4 Å². The number of carbonyl (C=O) groups is 9. The van der Waals surface area contributed by atoms with Crippen LogP contribution >= 0.6 is 0 Å². The number of nitrogens with one attached hydrogen (secondary N) is 9. The van der Waals surface area contributed by atoms with Crippen LogP contribution in [-0.2, 0) is 46.5 Å². The van der Waals surface area contributed by atoms with E-state index in [1.807, 2.05) is 15.5 Å². The van der Waals surface area contributed by atoms with E-state index in [1.165, 1.54) is 41.1 Å². The summed E-state index contributed by atoms with van der Waals surface area (Å²) >= 11 is 0. The molecule has 0 spiro atoms. The van der Waals surface area contributed by atoms with Gasteiger partial charge in [0.1, 0.15) is 42.1 Å². The summed E-state index contributed by atoms with van der Waals surface area (Å²) < 4.78 is 14.0. The van der Waals surface area contributed by atoms with Crippen LogP contribution in [0.2, 0.25) is 0 Å². The third-order valence-corrected chi connectivity index (χ3v) is 12.3. The van der Waals surface area contributed by atoms with Crippen LogP contribution in [-0.4, -0.2) is 197 Å². The van der Waals surface area contributed by atoms with Gasteiger partial charge in [-0.2, -0.15) is 0 Å². The number of alkyl halides is 1. The van der Waals surface area contributed by atoms with Crippen molar-refractivity contribution in [1.82, 2.24) is 46.5 Å². The average molecular weight is 1190 g/mol. The van der Waals surface area contributed by atoms with Gasteiger partial charge >= 0.3 is 47.9 Å². The van der Waals surface area contributed by atoms with Gasteiger partial charge in [0.05, 0.1) is 22.2 Å². The number of hydrogen-bond acceptors (Lipinski definition) is 20. The molecule has 3 aromatic rings. The van der Waals surface area contributed by atoms with E-state index >= 15 is 0 Å². The third kappa shape index (κ3) is 26.7. The number of urea groups is 2. The number of hydrogen-bond donors (Lipinski definition) is 15. The lowest BCUT2D eigenvalue weighted by Crippen LogP contribution is -2.51. The summed E-state index contributed by atoms with van der Waals surface area (Å²) in [5.41, 5.74) is 1.23. The van der Waals surface area contributed by atoms with Crippen molar-refractivity contribution in [2.75, 3.05) is 80.3 Å². The molecular weight excluding hydrogens is 1120 g/mol. The quantitative estimate of drug-likeness (QED) is 0.0218. The molecule has 0 saturated carbocycles. The van der Waals surface area contributed by atoms with Crippen molar-refractivity contribution in [3.05, 3.63) is 68.5 Å². The van der Waals surface area contributed by atoms with E-state index in [4.69, 9.17) is 10.2 Å². The van der Waals surface area contributed by atoms with Crippen LogP contribution in [0.1, 0.15) is 76.3 Å². The molecule has 1 heterocycles. The molecule has 462 valence electrons. The first-order valence-corrected chi connectivity index (χ1v) is 26.4. The molecule has 0 radical (unpaired) electrons. The molecule has 1 aromatic heterocycles. The summed E-state index contributed by atoms with van der Waals surface area (Å²) in [7, 11) is 0. The van der Waals surface area contributed by atoms with Crippen molar-refractivity contribution >= 4 is 87.9 Å². The topological polar surface area (TPSA) is 504 Å². The van der Waals surface area contributed by atoms with Crippen molar-refractivity contribution in [3.63, 3.8) is 0 Å². The SMILES string of the molecule is O=C(O)CCC(NC(=O)N[C@@H](CCCCNc1cc(NCCN(CCNC(=O)Cn2cc(CCCF)nn2)CCNc2ccc([N+](=O)[O-])c(NCCCC[C@H](NC(=O)NC(CCC(=O)O)C(=O)O)C(=O)O)c2)ccc1[N+](=O)[O-])C(=O)O)C(=O)O. The number of amides is 5. The number of unbranched alkanes of at least 4 members (excludes halogenated alkanes) is 2. The Labute approximate surface area is 478 Å². The molecule has 3 rings (SSSR count). The molecule has 0 aliphatic carbocycles. The van der Waals surface area contributed by atoms with Crippen LogP contribution in [0, 0.1) is 20.2 Å². The van der Waals surface area contributed by atoms with E-state index in [0.717, 1.165) is 0 Å². The van der Waals surface area contributed by atoms with Crippen LogP contribution < -0.4 is 47.9 Å². The number of nitro groups is 2. The minimum Gasteiger partial charge on any atom is -0.481 e. The monoisotopic (exact) mass is 1190 g/mol. The number of anilines is 4. The summed E-state index contributed by atoms with van der Waals surface area (Å²) in [6.45, 7) is 1.31. The Morgan fingerprint density at radius 3 is 1.37 bits per heavy atom. The van der Waals surface area contributed by atoms with Crippen molar-refractivity contribution in [3.8, 4) is 0 Å². The van der Waals surface area contributed by atoms with E-state index in [1.54, 1.807) is 6.20 Å². The number of carboxylic acid groups (broad SMARTS) is 6. The van der Waals surface area contributed by atoms with Crippen LogP contribution in [0.4, 0.5) is 48.1 Å². The summed E-state index contributed by atoms with van der Waals surface area (Å²) in [6, 6.07) is 0.252. The first kappa shape index (κ1) is 68.6. The van der Waals surface area contributed by atoms with Crippen molar-refractivity contribution < 1.29 is 88.0 Å². The number of nitrogens with zero attached hydrogens (tertiary/aromatic N) is 6. The number of carbonyl (C=O) groups excluding carboxylic acids is 3. The first-order valence-electron chi connectivity index (χ1n) is 26.4. The second-order valence-corrected chi connectivity index (χ2v) is 18.7. The standard InChI is InChI=1S/C49H70FN15O19/c50-17-5-6-32-28-63(61-60-32)29-41(66)55-22-25-62(23-20-51-30-9-13-39(64(81)82)37(26-30)53-18-3-1-7-33(44(71)72)56-48(79)58-35(46(75)76)11-15-42(67)68)24-21-52-31-10-14-40(65(83)84)38(27-31)54-19-4-2-8-34(45(73)74)57-49(80)59-36(47(77)78)12-16-43(69)70/h9-10,13-14,26-28,33-36,51-54H,1-8,11-12,15-25,29H2,(H,55,66)(H,67,68)(H,69,70)(H,71,72)(H,73,74)(H,75,76)(H,77,78)(H2,56,58,79)(H2,57,59,80)/t33-,34-,35?,36?/m0/s1. The zero-order valence-electron chi connectivity index (χ0n) is 45.5. The number of aryl methyl sites for hydroxylation is 1. The second kappa shape index (κ2) is 36.6. The molecule has 34 nitrogen and oxygen atoms in total. The highest BCUT2D eigenvalue weighted by atomic mass is 19.1. The Balaban J connectivity index is 1.63. The van der Waals surface area contributed by atoms with Gasteiger partial charge in [0, 0.05) is 94.9 Å². The minimum atomic E-state index is -1.58. The molecule has 0 aliphatic rings. The molecule has 0 fully saturated rings. The molecule has 35 heteroatoms. The van der Waals surface area contributed by atoms with Crippen molar-refractivity contribution in [1.29, 1.82) is 0 Å².